The molecule has 0 spiro atoms. The minimum atomic E-state index is -1.75. The van der Waals surface area contributed by atoms with Gasteiger partial charge in [0.25, 0.3) is 0 Å². The SMILES string of the molecule is CCOC(=O)C(C(=O)OCC)N1C(=O)C(N)C1C(=O)O. The molecular formula is C11H16N2O7. The molecule has 112 valence electrons. The molecule has 0 saturated carbocycles. The maximum absolute atomic E-state index is 11.8. The zero-order chi connectivity index (χ0) is 15.4. The van der Waals surface area contributed by atoms with Crippen LogP contribution in [0.25, 0.3) is 0 Å². The summed E-state index contributed by atoms with van der Waals surface area (Å²) in [6.45, 7) is 2.97. The summed E-state index contributed by atoms with van der Waals surface area (Å²) in [6.07, 6.45) is 0. The highest BCUT2D eigenvalue weighted by molar-refractivity contribution is 6.08. The summed E-state index contributed by atoms with van der Waals surface area (Å²) in [5.41, 5.74) is 5.37. The fraction of sp³-hybridized carbons (Fsp3) is 0.636. The molecule has 9 heteroatoms. The highest BCUT2D eigenvalue weighted by Crippen LogP contribution is 2.23. The Bertz CT molecular complexity index is 418. The fourth-order valence-electron chi connectivity index (χ4n) is 1.86. The molecule has 1 rings (SSSR count). The number of hydrogen-bond acceptors (Lipinski definition) is 7. The monoisotopic (exact) mass is 288 g/mol. The number of carbonyl (C=O) groups is 4. The van der Waals surface area contributed by atoms with Crippen LogP contribution in [0.5, 0.6) is 0 Å². The quantitative estimate of drug-likeness (QED) is 0.328. The zero-order valence-electron chi connectivity index (χ0n) is 11.1. The minimum Gasteiger partial charge on any atom is -0.480 e. The van der Waals surface area contributed by atoms with Gasteiger partial charge in [0.2, 0.25) is 11.9 Å². The molecule has 20 heavy (non-hydrogen) atoms. The van der Waals surface area contributed by atoms with Crippen LogP contribution in [0, 0.1) is 0 Å². The first kappa shape index (κ1) is 15.9. The lowest BCUT2D eigenvalue weighted by Gasteiger charge is -2.44. The van der Waals surface area contributed by atoms with Gasteiger partial charge in [-0.2, -0.15) is 0 Å². The lowest BCUT2D eigenvalue weighted by molar-refractivity contribution is -0.182. The van der Waals surface area contributed by atoms with Crippen LogP contribution in [0.15, 0.2) is 0 Å². The van der Waals surface area contributed by atoms with Gasteiger partial charge < -0.3 is 25.2 Å². The second-order valence-corrected chi connectivity index (χ2v) is 3.96. The van der Waals surface area contributed by atoms with Gasteiger partial charge in [0, 0.05) is 0 Å². The molecule has 2 atom stereocenters. The van der Waals surface area contributed by atoms with Crippen molar-refractivity contribution < 1.29 is 33.8 Å². The molecule has 9 nitrogen and oxygen atoms in total. The summed E-state index contributed by atoms with van der Waals surface area (Å²) in [4.78, 5) is 46.8. The summed E-state index contributed by atoms with van der Waals surface area (Å²) in [5, 5.41) is 8.99. The smallest absolute Gasteiger partial charge is 0.340 e. The van der Waals surface area contributed by atoms with E-state index in [1.54, 1.807) is 0 Å². The molecule has 1 fully saturated rings. The number of hydrogen-bond donors (Lipinski definition) is 2. The Morgan fingerprint density at radius 1 is 1.25 bits per heavy atom. The average molecular weight is 288 g/mol. The number of amides is 1. The van der Waals surface area contributed by atoms with E-state index in [0.29, 0.717) is 4.90 Å². The fourth-order valence-corrected chi connectivity index (χ4v) is 1.86. The van der Waals surface area contributed by atoms with Gasteiger partial charge >= 0.3 is 17.9 Å². The molecule has 0 aromatic carbocycles. The van der Waals surface area contributed by atoms with E-state index in [4.69, 9.17) is 10.8 Å². The van der Waals surface area contributed by atoms with Crippen LogP contribution in [0.2, 0.25) is 0 Å². The number of carboxylic acids is 1. The Kier molecular flexibility index (Phi) is 5.03. The van der Waals surface area contributed by atoms with Crippen LogP contribution in [0.4, 0.5) is 0 Å². The van der Waals surface area contributed by atoms with E-state index in [2.05, 4.69) is 9.47 Å². The number of aliphatic carboxylic acids is 1. The van der Waals surface area contributed by atoms with Crippen LogP contribution in [-0.4, -0.2) is 65.2 Å². The predicted octanol–water partition coefficient (Wildman–Crippen LogP) is -1.90. The summed E-state index contributed by atoms with van der Waals surface area (Å²) in [5.74, 6) is -4.31. The van der Waals surface area contributed by atoms with E-state index < -0.39 is 41.9 Å². The molecule has 1 aliphatic rings. The molecule has 0 aromatic heterocycles. The van der Waals surface area contributed by atoms with Gasteiger partial charge in [-0.25, -0.2) is 14.4 Å². The van der Waals surface area contributed by atoms with E-state index in [1.807, 2.05) is 0 Å². The van der Waals surface area contributed by atoms with Crippen molar-refractivity contribution in [3.63, 3.8) is 0 Å². The van der Waals surface area contributed by atoms with Crippen molar-refractivity contribution in [2.24, 2.45) is 5.73 Å². The molecule has 3 N–H and O–H groups in total. The van der Waals surface area contributed by atoms with E-state index in [9.17, 15) is 19.2 Å². The largest absolute Gasteiger partial charge is 0.480 e. The van der Waals surface area contributed by atoms with E-state index in [0.717, 1.165) is 0 Å². The molecule has 2 unspecified atom stereocenters. The first-order valence-electron chi connectivity index (χ1n) is 6.00. The van der Waals surface area contributed by atoms with Crippen molar-refractivity contribution >= 4 is 23.8 Å². The maximum Gasteiger partial charge on any atom is 0.340 e. The molecule has 1 saturated heterocycles. The van der Waals surface area contributed by atoms with Gasteiger partial charge in [0.05, 0.1) is 13.2 Å². The topological polar surface area (TPSA) is 136 Å². The van der Waals surface area contributed by atoms with E-state index in [1.165, 1.54) is 13.8 Å². The predicted molar refractivity (Wildman–Crippen MR) is 63.3 cm³/mol. The number of β-lactam (4-membered cyclic amide) rings is 1. The number of rotatable bonds is 6. The molecule has 0 aromatic rings. The number of nitrogens with two attached hydrogens (primary N) is 1. The zero-order valence-corrected chi connectivity index (χ0v) is 11.1. The third-order valence-electron chi connectivity index (χ3n) is 2.73. The second kappa shape index (κ2) is 6.33. The van der Waals surface area contributed by atoms with Gasteiger partial charge in [0.1, 0.15) is 6.04 Å². The van der Waals surface area contributed by atoms with Crippen molar-refractivity contribution in [3.8, 4) is 0 Å². The lowest BCUT2D eigenvalue weighted by atomic mass is 9.93. The van der Waals surface area contributed by atoms with E-state index >= 15 is 0 Å². The van der Waals surface area contributed by atoms with E-state index in [-0.39, 0.29) is 13.2 Å². The third kappa shape index (κ3) is 2.72. The summed E-state index contributed by atoms with van der Waals surface area (Å²) in [6, 6.07) is -4.50. The number of nitrogens with zero attached hydrogens (tertiary/aromatic N) is 1. The normalized spacial score (nSPS) is 21.4. The third-order valence-corrected chi connectivity index (χ3v) is 2.73. The first-order valence-corrected chi connectivity index (χ1v) is 6.00. The van der Waals surface area contributed by atoms with Crippen LogP contribution in [-0.2, 0) is 28.7 Å². The highest BCUT2D eigenvalue weighted by atomic mass is 16.6. The van der Waals surface area contributed by atoms with Crippen molar-refractivity contribution in [1.29, 1.82) is 0 Å². The lowest BCUT2D eigenvalue weighted by Crippen LogP contribution is -2.76. The first-order chi connectivity index (χ1) is 9.36. The Hall–Kier alpha value is -2.16. The Morgan fingerprint density at radius 2 is 1.70 bits per heavy atom. The Balaban J connectivity index is 3.03. The molecule has 0 aliphatic carbocycles. The van der Waals surface area contributed by atoms with Gasteiger partial charge in [-0.3, -0.25) is 4.79 Å². The number of carbonyl (C=O) groups excluding carboxylic acids is 3. The number of ether oxygens (including phenoxy) is 2. The second-order valence-electron chi connectivity index (χ2n) is 3.96. The van der Waals surface area contributed by atoms with Crippen molar-refractivity contribution in [2.45, 2.75) is 32.0 Å². The van der Waals surface area contributed by atoms with Crippen LogP contribution in [0.3, 0.4) is 0 Å². The Morgan fingerprint density at radius 3 is 2.05 bits per heavy atom. The molecular weight excluding hydrogens is 272 g/mol. The summed E-state index contributed by atoms with van der Waals surface area (Å²) >= 11 is 0. The molecule has 1 aliphatic heterocycles. The summed E-state index contributed by atoms with van der Waals surface area (Å²) in [7, 11) is 0. The van der Waals surface area contributed by atoms with Gasteiger partial charge in [0.15, 0.2) is 6.04 Å². The average Bonchev–Trinajstić information content (AvgIpc) is 2.37. The van der Waals surface area contributed by atoms with Crippen LogP contribution >= 0.6 is 0 Å². The van der Waals surface area contributed by atoms with Crippen LogP contribution in [0.1, 0.15) is 13.8 Å². The minimum absolute atomic E-state index is 0.0272. The molecule has 0 bridgehead atoms. The Labute approximate surface area is 114 Å². The molecule has 0 radical (unpaired) electrons. The van der Waals surface area contributed by atoms with Gasteiger partial charge in [-0.15, -0.1) is 0 Å². The van der Waals surface area contributed by atoms with Crippen LogP contribution < -0.4 is 5.73 Å². The van der Waals surface area contributed by atoms with Gasteiger partial charge in [-0.05, 0) is 13.8 Å². The van der Waals surface area contributed by atoms with Gasteiger partial charge in [-0.1, -0.05) is 0 Å². The van der Waals surface area contributed by atoms with Crippen molar-refractivity contribution in [2.75, 3.05) is 13.2 Å². The highest BCUT2D eigenvalue weighted by Gasteiger charge is 2.57. The standard InChI is InChI=1S/C11H16N2O7/c1-3-19-10(17)7(11(18)20-4-2)13-6(9(15)16)5(12)8(13)14/h5-7H,3-4,12H2,1-2H3,(H,15,16). The number of esters is 2. The molecule has 1 amide bonds. The summed E-state index contributed by atoms with van der Waals surface area (Å²) < 4.78 is 9.35. The van der Waals surface area contributed by atoms with Crippen molar-refractivity contribution in [1.82, 2.24) is 4.90 Å². The number of carboxylic acid groups (broad SMARTS) is 1. The number of likely N-dealkylation sites (tertiary alicyclic amines) is 1. The molecule has 1 heterocycles. The van der Waals surface area contributed by atoms with Crippen molar-refractivity contribution in [3.05, 3.63) is 0 Å². The maximum atomic E-state index is 11.8.